The van der Waals surface area contributed by atoms with E-state index in [0.29, 0.717) is 5.54 Å². The van der Waals surface area contributed by atoms with Gasteiger partial charge in [0.15, 0.2) is 0 Å². The smallest absolute Gasteiger partial charge is 0.0356 e. The Morgan fingerprint density at radius 1 is 1.22 bits per heavy atom. The van der Waals surface area contributed by atoms with Gasteiger partial charge in [0.1, 0.15) is 0 Å². The third-order valence-corrected chi connectivity index (χ3v) is 4.95. The number of hydrogen-bond acceptors (Lipinski definition) is 3. The Kier molecular flexibility index (Phi) is 5.05. The predicted octanol–water partition coefficient (Wildman–Crippen LogP) is 1.92. The van der Waals surface area contributed by atoms with Crippen molar-refractivity contribution in [1.29, 1.82) is 0 Å². The molecular weight excluding hydrogens is 222 g/mol. The van der Waals surface area contributed by atoms with Crippen molar-refractivity contribution < 1.29 is 0 Å². The second-order valence-electron chi connectivity index (χ2n) is 6.25. The molecule has 1 aliphatic carbocycles. The van der Waals surface area contributed by atoms with Crippen LogP contribution in [0.15, 0.2) is 0 Å². The van der Waals surface area contributed by atoms with Gasteiger partial charge in [-0.25, -0.2) is 0 Å². The Morgan fingerprint density at radius 2 is 1.89 bits per heavy atom. The van der Waals surface area contributed by atoms with E-state index in [2.05, 4.69) is 23.6 Å². The second-order valence-corrected chi connectivity index (χ2v) is 6.25. The molecule has 18 heavy (non-hydrogen) atoms. The monoisotopic (exact) mass is 253 g/mol. The lowest BCUT2D eigenvalue weighted by atomic mass is 9.85. The number of nitrogens with zero attached hydrogens (tertiary/aromatic N) is 2. The highest BCUT2D eigenvalue weighted by atomic mass is 15.2. The maximum atomic E-state index is 6.19. The molecule has 0 aromatic heterocycles. The van der Waals surface area contributed by atoms with Crippen molar-refractivity contribution in [3.8, 4) is 0 Å². The summed E-state index contributed by atoms with van der Waals surface area (Å²) in [5.41, 5.74) is 6.50. The lowest BCUT2D eigenvalue weighted by molar-refractivity contribution is 0.0246. The molecule has 2 rings (SSSR count). The average Bonchev–Trinajstić information content (AvgIpc) is 3.22. The van der Waals surface area contributed by atoms with Crippen LogP contribution in [0.25, 0.3) is 0 Å². The number of piperidine rings is 1. The van der Waals surface area contributed by atoms with Crippen molar-refractivity contribution in [3.63, 3.8) is 0 Å². The first-order valence-electron chi connectivity index (χ1n) is 7.91. The first kappa shape index (κ1) is 14.3. The van der Waals surface area contributed by atoms with Gasteiger partial charge in [0, 0.05) is 18.6 Å². The van der Waals surface area contributed by atoms with E-state index >= 15 is 0 Å². The molecule has 2 aliphatic rings. The summed E-state index contributed by atoms with van der Waals surface area (Å²) in [7, 11) is 0. The molecule has 106 valence electrons. The number of rotatable bonds is 7. The van der Waals surface area contributed by atoms with Gasteiger partial charge in [-0.3, -0.25) is 4.90 Å². The molecule has 1 saturated carbocycles. The maximum Gasteiger partial charge on any atom is 0.0356 e. The first-order valence-corrected chi connectivity index (χ1v) is 7.91. The zero-order chi connectivity index (χ0) is 13.0. The minimum Gasteiger partial charge on any atom is -0.329 e. The standard InChI is InChI=1S/C15H31N3/c1-3-9-18(12-14-5-6-14)15(13-16)7-10-17(4-2)11-8-15/h14H,3-13,16H2,1-2H3. The van der Waals surface area contributed by atoms with Crippen LogP contribution in [0, 0.1) is 5.92 Å². The summed E-state index contributed by atoms with van der Waals surface area (Å²) in [4.78, 5) is 5.31. The number of nitrogens with two attached hydrogens (primary N) is 1. The first-order chi connectivity index (χ1) is 8.74. The van der Waals surface area contributed by atoms with E-state index in [9.17, 15) is 0 Å². The minimum absolute atomic E-state index is 0.310. The van der Waals surface area contributed by atoms with Crippen LogP contribution in [0.2, 0.25) is 0 Å². The van der Waals surface area contributed by atoms with Crippen molar-refractivity contribution in [2.75, 3.05) is 39.3 Å². The van der Waals surface area contributed by atoms with Gasteiger partial charge in [-0.15, -0.1) is 0 Å². The Morgan fingerprint density at radius 3 is 2.33 bits per heavy atom. The van der Waals surface area contributed by atoms with E-state index < -0.39 is 0 Å². The SMILES string of the molecule is CCCN(CC1CC1)C1(CN)CCN(CC)CC1. The van der Waals surface area contributed by atoms with Gasteiger partial charge in [-0.05, 0) is 64.2 Å². The zero-order valence-electron chi connectivity index (χ0n) is 12.3. The molecule has 0 atom stereocenters. The van der Waals surface area contributed by atoms with Crippen LogP contribution in [0.1, 0.15) is 46.0 Å². The van der Waals surface area contributed by atoms with Gasteiger partial charge in [0.05, 0.1) is 0 Å². The molecule has 1 heterocycles. The van der Waals surface area contributed by atoms with Crippen molar-refractivity contribution in [3.05, 3.63) is 0 Å². The van der Waals surface area contributed by atoms with E-state index in [4.69, 9.17) is 5.73 Å². The van der Waals surface area contributed by atoms with Gasteiger partial charge in [-0.2, -0.15) is 0 Å². The molecule has 0 unspecified atom stereocenters. The van der Waals surface area contributed by atoms with E-state index in [1.165, 1.54) is 64.8 Å². The summed E-state index contributed by atoms with van der Waals surface area (Å²) in [6, 6.07) is 0. The molecule has 0 amide bonds. The normalized spacial score (nSPS) is 24.7. The fourth-order valence-electron chi connectivity index (χ4n) is 3.34. The minimum atomic E-state index is 0.310. The quantitative estimate of drug-likeness (QED) is 0.752. The van der Waals surface area contributed by atoms with Crippen molar-refractivity contribution in [1.82, 2.24) is 9.80 Å². The fourth-order valence-corrected chi connectivity index (χ4v) is 3.34. The Hall–Kier alpha value is -0.120. The van der Waals surface area contributed by atoms with Crippen LogP contribution in [0.5, 0.6) is 0 Å². The summed E-state index contributed by atoms with van der Waals surface area (Å²) >= 11 is 0. The van der Waals surface area contributed by atoms with Crippen LogP contribution in [0.4, 0.5) is 0 Å². The Balaban J connectivity index is 1.98. The summed E-state index contributed by atoms with van der Waals surface area (Å²) in [6.45, 7) is 11.6. The van der Waals surface area contributed by atoms with Gasteiger partial charge >= 0.3 is 0 Å². The largest absolute Gasteiger partial charge is 0.329 e. The molecule has 0 radical (unpaired) electrons. The summed E-state index contributed by atoms with van der Waals surface area (Å²) in [5, 5.41) is 0. The summed E-state index contributed by atoms with van der Waals surface area (Å²) in [5.74, 6) is 0.976. The van der Waals surface area contributed by atoms with E-state index in [0.717, 1.165) is 12.5 Å². The topological polar surface area (TPSA) is 32.5 Å². The molecule has 3 nitrogen and oxygen atoms in total. The van der Waals surface area contributed by atoms with Gasteiger partial charge in [0.2, 0.25) is 0 Å². The third-order valence-electron chi connectivity index (χ3n) is 4.95. The van der Waals surface area contributed by atoms with Crippen LogP contribution >= 0.6 is 0 Å². The van der Waals surface area contributed by atoms with Crippen molar-refractivity contribution >= 4 is 0 Å². The highest BCUT2D eigenvalue weighted by Crippen LogP contribution is 2.35. The molecule has 3 heteroatoms. The average molecular weight is 253 g/mol. The van der Waals surface area contributed by atoms with E-state index in [1.807, 2.05) is 0 Å². The molecule has 2 fully saturated rings. The van der Waals surface area contributed by atoms with E-state index in [-0.39, 0.29) is 0 Å². The van der Waals surface area contributed by atoms with Crippen LogP contribution in [0.3, 0.4) is 0 Å². The molecule has 1 saturated heterocycles. The van der Waals surface area contributed by atoms with Gasteiger partial charge in [0.25, 0.3) is 0 Å². The molecule has 0 aromatic carbocycles. The molecular formula is C15H31N3. The maximum absolute atomic E-state index is 6.19. The molecule has 0 bridgehead atoms. The molecule has 0 spiro atoms. The van der Waals surface area contributed by atoms with E-state index in [1.54, 1.807) is 0 Å². The van der Waals surface area contributed by atoms with Crippen molar-refractivity contribution in [2.45, 2.75) is 51.5 Å². The predicted molar refractivity (Wildman–Crippen MR) is 77.7 cm³/mol. The van der Waals surface area contributed by atoms with Gasteiger partial charge in [-0.1, -0.05) is 13.8 Å². The molecule has 1 aliphatic heterocycles. The third kappa shape index (κ3) is 3.25. The fraction of sp³-hybridized carbons (Fsp3) is 1.00. The summed E-state index contributed by atoms with van der Waals surface area (Å²) in [6.07, 6.45) is 6.68. The van der Waals surface area contributed by atoms with Crippen molar-refractivity contribution in [2.24, 2.45) is 11.7 Å². The zero-order valence-corrected chi connectivity index (χ0v) is 12.3. The Labute approximate surface area is 113 Å². The highest BCUT2D eigenvalue weighted by Gasteiger charge is 2.40. The number of likely N-dealkylation sites (tertiary alicyclic amines) is 1. The lowest BCUT2D eigenvalue weighted by Crippen LogP contribution is -2.60. The molecule has 0 aromatic rings. The number of hydrogen-bond donors (Lipinski definition) is 1. The highest BCUT2D eigenvalue weighted by molar-refractivity contribution is 4.97. The van der Waals surface area contributed by atoms with Gasteiger partial charge < -0.3 is 10.6 Å². The second kappa shape index (κ2) is 6.36. The lowest BCUT2D eigenvalue weighted by Gasteiger charge is -2.48. The molecule has 2 N–H and O–H groups in total. The van der Waals surface area contributed by atoms with Crippen LogP contribution in [-0.2, 0) is 0 Å². The van der Waals surface area contributed by atoms with Crippen LogP contribution < -0.4 is 5.73 Å². The summed E-state index contributed by atoms with van der Waals surface area (Å²) < 4.78 is 0. The Bertz CT molecular complexity index is 242. The van der Waals surface area contributed by atoms with Crippen LogP contribution in [-0.4, -0.2) is 54.6 Å².